The zero-order chi connectivity index (χ0) is 17.6. The molecule has 0 radical (unpaired) electrons. The number of carbonyl (C=O) groups excluding carboxylic acids is 2. The van der Waals surface area contributed by atoms with Crippen LogP contribution in [0.15, 0.2) is 64.1 Å². The summed E-state index contributed by atoms with van der Waals surface area (Å²) in [7, 11) is 2.48. The number of methoxy groups -OCH3 is 2. The monoisotopic (exact) mass is 335 g/mol. The van der Waals surface area contributed by atoms with Gasteiger partial charge in [-0.3, -0.25) is 4.98 Å². The third-order valence-electron chi connectivity index (χ3n) is 4.44. The molecular weight excluding hydrogens is 322 g/mol. The van der Waals surface area contributed by atoms with Gasteiger partial charge < -0.3 is 9.47 Å². The SMILES string of the molecule is COC(=O)C1=C(C(=O)OC)C2(N=N1)c1ccccc1-c1ncccc12. The van der Waals surface area contributed by atoms with Crippen molar-refractivity contribution in [1.29, 1.82) is 0 Å². The van der Waals surface area contributed by atoms with Gasteiger partial charge in [-0.1, -0.05) is 30.3 Å². The summed E-state index contributed by atoms with van der Waals surface area (Å²) in [5.41, 5.74) is 1.58. The minimum absolute atomic E-state index is 0.0426. The van der Waals surface area contributed by atoms with Gasteiger partial charge >= 0.3 is 11.9 Å². The highest BCUT2D eigenvalue weighted by Crippen LogP contribution is 2.56. The van der Waals surface area contributed by atoms with E-state index in [1.807, 2.05) is 30.3 Å². The van der Waals surface area contributed by atoms with Gasteiger partial charge in [0.2, 0.25) is 0 Å². The number of aromatic nitrogens is 1. The van der Waals surface area contributed by atoms with Gasteiger partial charge in [0.25, 0.3) is 0 Å². The average Bonchev–Trinajstić information content (AvgIpc) is 3.20. The summed E-state index contributed by atoms with van der Waals surface area (Å²) in [6, 6.07) is 11.0. The molecule has 0 saturated carbocycles. The molecule has 7 heteroatoms. The third-order valence-corrected chi connectivity index (χ3v) is 4.44. The standard InChI is InChI=1S/C18H13N3O4/c1-24-16(22)13-15(17(23)25-2)20-21-18(13)11-7-4-3-6-10(11)14-12(18)8-5-9-19-14/h3-9H,1-2H3. The molecular formula is C18H13N3O4. The van der Waals surface area contributed by atoms with Gasteiger partial charge in [-0.15, -0.1) is 5.11 Å². The maximum Gasteiger partial charge on any atom is 0.359 e. The Bertz CT molecular complexity index is 932. The molecule has 0 fully saturated rings. The zero-order valence-corrected chi connectivity index (χ0v) is 13.5. The highest BCUT2D eigenvalue weighted by Gasteiger charge is 2.55. The van der Waals surface area contributed by atoms with Gasteiger partial charge in [-0.05, 0) is 6.07 Å². The number of carbonyl (C=O) groups is 2. The quantitative estimate of drug-likeness (QED) is 0.786. The van der Waals surface area contributed by atoms with Crippen LogP contribution in [0.25, 0.3) is 11.3 Å². The van der Waals surface area contributed by atoms with Gasteiger partial charge in [0.15, 0.2) is 11.2 Å². The first-order valence-electron chi connectivity index (χ1n) is 7.54. The number of azo groups is 1. The van der Waals surface area contributed by atoms with Crippen molar-refractivity contribution in [1.82, 2.24) is 4.98 Å². The number of benzene rings is 1. The number of hydrogen-bond acceptors (Lipinski definition) is 7. The minimum atomic E-state index is -1.25. The Labute approximate surface area is 143 Å². The molecule has 1 aliphatic heterocycles. The number of nitrogens with zero attached hydrogens (tertiary/aromatic N) is 3. The summed E-state index contributed by atoms with van der Waals surface area (Å²) in [5, 5.41) is 8.35. The van der Waals surface area contributed by atoms with E-state index in [1.54, 1.807) is 12.3 Å². The van der Waals surface area contributed by atoms with Gasteiger partial charge in [-0.25, -0.2) is 9.59 Å². The van der Waals surface area contributed by atoms with Gasteiger partial charge in [0.1, 0.15) is 5.57 Å². The first kappa shape index (κ1) is 15.2. The lowest BCUT2D eigenvalue weighted by Gasteiger charge is -2.24. The van der Waals surface area contributed by atoms with Crippen LogP contribution < -0.4 is 0 Å². The van der Waals surface area contributed by atoms with E-state index in [4.69, 9.17) is 9.47 Å². The molecule has 2 heterocycles. The summed E-state index contributed by atoms with van der Waals surface area (Å²) in [4.78, 5) is 29.2. The molecule has 4 rings (SSSR count). The van der Waals surface area contributed by atoms with Gasteiger partial charge in [-0.2, -0.15) is 5.11 Å². The molecule has 0 N–H and O–H groups in total. The second-order valence-corrected chi connectivity index (χ2v) is 5.56. The molecule has 1 aromatic heterocycles. The molecule has 1 aliphatic carbocycles. The maximum absolute atomic E-state index is 12.6. The summed E-state index contributed by atoms with van der Waals surface area (Å²) in [6.07, 6.45) is 1.67. The van der Waals surface area contributed by atoms with Crippen molar-refractivity contribution in [2.45, 2.75) is 5.54 Å². The van der Waals surface area contributed by atoms with E-state index in [0.29, 0.717) is 11.3 Å². The molecule has 7 nitrogen and oxygen atoms in total. The van der Waals surface area contributed by atoms with Crippen molar-refractivity contribution >= 4 is 11.9 Å². The van der Waals surface area contributed by atoms with Crippen LogP contribution in [0, 0.1) is 0 Å². The lowest BCUT2D eigenvalue weighted by atomic mass is 9.81. The summed E-state index contributed by atoms with van der Waals surface area (Å²) < 4.78 is 9.69. The lowest BCUT2D eigenvalue weighted by molar-refractivity contribution is -0.139. The van der Waals surface area contributed by atoms with Crippen LogP contribution in [0.3, 0.4) is 0 Å². The largest absolute Gasteiger partial charge is 0.466 e. The Kier molecular flexibility index (Phi) is 3.24. The number of hydrogen-bond donors (Lipinski definition) is 0. The maximum atomic E-state index is 12.6. The van der Waals surface area contributed by atoms with Crippen molar-refractivity contribution in [3.8, 4) is 11.3 Å². The average molecular weight is 335 g/mol. The van der Waals surface area contributed by atoms with E-state index in [2.05, 4.69) is 15.2 Å². The first-order valence-corrected chi connectivity index (χ1v) is 7.54. The molecule has 124 valence electrons. The van der Waals surface area contributed by atoms with Crippen molar-refractivity contribution in [3.63, 3.8) is 0 Å². The number of ether oxygens (including phenoxy) is 2. The molecule has 2 aliphatic rings. The van der Waals surface area contributed by atoms with Crippen LogP contribution in [0.2, 0.25) is 0 Å². The molecule has 0 bridgehead atoms. The molecule has 1 aromatic carbocycles. The second-order valence-electron chi connectivity index (χ2n) is 5.56. The number of rotatable bonds is 2. The van der Waals surface area contributed by atoms with Crippen LogP contribution in [0.5, 0.6) is 0 Å². The van der Waals surface area contributed by atoms with Gasteiger partial charge in [0, 0.05) is 22.9 Å². The smallest absolute Gasteiger partial charge is 0.359 e. The summed E-state index contributed by atoms with van der Waals surface area (Å²) >= 11 is 0. The highest BCUT2D eigenvalue weighted by atomic mass is 16.5. The molecule has 1 atom stereocenters. The highest BCUT2D eigenvalue weighted by molar-refractivity contribution is 6.05. The van der Waals surface area contributed by atoms with Crippen LogP contribution in [0.1, 0.15) is 11.1 Å². The number of esters is 2. The number of fused-ring (bicyclic) bond motifs is 5. The predicted molar refractivity (Wildman–Crippen MR) is 86.4 cm³/mol. The van der Waals surface area contributed by atoms with Crippen LogP contribution >= 0.6 is 0 Å². The van der Waals surface area contributed by atoms with E-state index in [9.17, 15) is 9.59 Å². The van der Waals surface area contributed by atoms with Crippen molar-refractivity contribution in [2.75, 3.05) is 14.2 Å². The topological polar surface area (TPSA) is 90.2 Å². The fourth-order valence-electron chi connectivity index (χ4n) is 3.42. The van der Waals surface area contributed by atoms with E-state index in [1.165, 1.54) is 14.2 Å². The number of pyridine rings is 1. The summed E-state index contributed by atoms with van der Waals surface area (Å²) in [5.74, 6) is -1.42. The molecule has 1 spiro atoms. The fourth-order valence-corrected chi connectivity index (χ4v) is 3.42. The van der Waals surface area contributed by atoms with E-state index >= 15 is 0 Å². The van der Waals surface area contributed by atoms with Gasteiger partial charge in [0.05, 0.1) is 19.9 Å². The van der Waals surface area contributed by atoms with Crippen LogP contribution in [-0.4, -0.2) is 31.1 Å². The van der Waals surface area contributed by atoms with Crippen molar-refractivity contribution in [2.24, 2.45) is 10.2 Å². The van der Waals surface area contributed by atoms with E-state index in [0.717, 1.165) is 11.1 Å². The third kappa shape index (κ3) is 1.83. The lowest BCUT2D eigenvalue weighted by Crippen LogP contribution is -2.30. The summed E-state index contributed by atoms with van der Waals surface area (Å²) in [6.45, 7) is 0. The Morgan fingerprint density at radius 1 is 0.960 bits per heavy atom. The van der Waals surface area contributed by atoms with Crippen molar-refractivity contribution < 1.29 is 19.1 Å². The normalized spacial score (nSPS) is 19.8. The Balaban J connectivity index is 2.10. The molecule has 0 amide bonds. The molecule has 25 heavy (non-hydrogen) atoms. The fraction of sp³-hybridized carbons (Fsp3) is 0.167. The van der Waals surface area contributed by atoms with E-state index in [-0.39, 0.29) is 11.3 Å². The Morgan fingerprint density at radius 3 is 2.44 bits per heavy atom. The molecule has 0 saturated heterocycles. The Morgan fingerprint density at radius 2 is 1.68 bits per heavy atom. The molecule has 1 unspecified atom stereocenters. The predicted octanol–water partition coefficient (Wildman–Crippen LogP) is 2.37. The minimum Gasteiger partial charge on any atom is -0.466 e. The van der Waals surface area contributed by atoms with E-state index < -0.39 is 17.5 Å². The molecule has 2 aromatic rings. The Hall–Kier alpha value is -3.35. The van der Waals surface area contributed by atoms with Crippen molar-refractivity contribution in [3.05, 3.63) is 65.0 Å². The zero-order valence-electron chi connectivity index (χ0n) is 13.5. The van der Waals surface area contributed by atoms with Crippen LogP contribution in [-0.2, 0) is 24.6 Å². The van der Waals surface area contributed by atoms with Crippen LogP contribution in [0.4, 0.5) is 0 Å². The first-order chi connectivity index (χ1) is 12.1. The second kappa shape index (κ2) is 5.34.